The van der Waals surface area contributed by atoms with Crippen molar-refractivity contribution < 1.29 is 4.79 Å². The Morgan fingerprint density at radius 3 is 2.91 bits per heavy atom. The number of hydrogen-bond acceptors (Lipinski definition) is 4. The lowest BCUT2D eigenvalue weighted by Crippen LogP contribution is -2.29. The fourth-order valence-corrected chi connectivity index (χ4v) is 3.65. The number of aromatic nitrogens is 1. The third-order valence-electron chi connectivity index (χ3n) is 3.92. The summed E-state index contributed by atoms with van der Waals surface area (Å²) in [6.07, 6.45) is 3.91. The first-order valence-corrected chi connectivity index (χ1v) is 9.16. The van der Waals surface area contributed by atoms with Crippen molar-refractivity contribution in [1.82, 2.24) is 15.2 Å². The van der Waals surface area contributed by atoms with E-state index in [0.29, 0.717) is 17.1 Å². The van der Waals surface area contributed by atoms with Crippen LogP contribution in [0, 0.1) is 0 Å². The number of likely N-dealkylation sites (tertiary alicyclic amines) is 1. The molecule has 3 rings (SSSR count). The Kier molecular flexibility index (Phi) is 5.65. The maximum absolute atomic E-state index is 12.1. The van der Waals surface area contributed by atoms with Gasteiger partial charge < -0.3 is 5.32 Å². The normalized spacial score (nSPS) is 15.5. The molecule has 4 nitrogen and oxygen atoms in total. The number of amides is 1. The highest BCUT2D eigenvalue weighted by Crippen LogP contribution is 2.16. The summed E-state index contributed by atoms with van der Waals surface area (Å²) in [5, 5.41) is 6.49. The number of carbonyl (C=O) groups excluding carboxylic acids is 1. The van der Waals surface area contributed by atoms with Gasteiger partial charge >= 0.3 is 0 Å². The summed E-state index contributed by atoms with van der Waals surface area (Å²) < 4.78 is 0. The van der Waals surface area contributed by atoms with Crippen LogP contribution in [0.3, 0.4) is 0 Å². The first kappa shape index (κ1) is 16.4. The summed E-state index contributed by atoms with van der Waals surface area (Å²) in [5.41, 5.74) is 1.67. The molecule has 0 radical (unpaired) electrons. The van der Waals surface area contributed by atoms with Crippen molar-refractivity contribution in [2.24, 2.45) is 0 Å². The summed E-state index contributed by atoms with van der Waals surface area (Å²) in [6.45, 7) is 3.70. The van der Waals surface area contributed by atoms with Gasteiger partial charge in [-0.15, -0.1) is 11.3 Å². The summed E-state index contributed by atoms with van der Waals surface area (Å²) in [7, 11) is 0. The first-order valence-electron chi connectivity index (χ1n) is 7.90. The largest absolute Gasteiger partial charge is 0.346 e. The molecule has 0 spiro atoms. The van der Waals surface area contributed by atoms with E-state index in [4.69, 9.17) is 11.6 Å². The van der Waals surface area contributed by atoms with Gasteiger partial charge in [-0.25, -0.2) is 4.98 Å². The lowest BCUT2D eigenvalue weighted by molar-refractivity contribution is 0.0951. The molecule has 0 atom stereocenters. The van der Waals surface area contributed by atoms with Crippen LogP contribution >= 0.6 is 22.9 Å². The van der Waals surface area contributed by atoms with Gasteiger partial charge in [-0.1, -0.05) is 24.1 Å². The third-order valence-corrected chi connectivity index (χ3v) is 5.05. The van der Waals surface area contributed by atoms with Crippen LogP contribution in [0.4, 0.5) is 0 Å². The zero-order chi connectivity index (χ0) is 16.1. The zero-order valence-corrected chi connectivity index (χ0v) is 14.5. The SMILES string of the molecule is O=C(NCc1nc(CN2CCCCC2)cs1)c1cccc(Cl)c1. The van der Waals surface area contributed by atoms with E-state index < -0.39 is 0 Å². The fraction of sp³-hybridized carbons (Fsp3) is 0.412. The molecule has 0 bridgehead atoms. The lowest BCUT2D eigenvalue weighted by atomic mass is 10.1. The standard InChI is InChI=1S/C17H20ClN3OS/c18-14-6-4-5-13(9-14)17(22)19-10-16-20-15(12-23-16)11-21-7-2-1-3-8-21/h4-6,9,12H,1-3,7-8,10-11H2,(H,19,22). The number of halogens is 1. The number of nitrogens with zero attached hydrogens (tertiary/aromatic N) is 2. The van der Waals surface area contributed by atoms with Crippen LogP contribution in [0.1, 0.15) is 40.3 Å². The summed E-state index contributed by atoms with van der Waals surface area (Å²) in [4.78, 5) is 19.2. The highest BCUT2D eigenvalue weighted by molar-refractivity contribution is 7.09. The Morgan fingerprint density at radius 1 is 1.30 bits per heavy atom. The van der Waals surface area contributed by atoms with Crippen LogP contribution in [-0.4, -0.2) is 28.9 Å². The Labute approximate surface area is 145 Å². The molecule has 1 aromatic carbocycles. The van der Waals surface area contributed by atoms with Crippen molar-refractivity contribution in [3.8, 4) is 0 Å². The fourth-order valence-electron chi connectivity index (χ4n) is 2.74. The molecular formula is C17H20ClN3OS. The van der Waals surface area contributed by atoms with Crippen LogP contribution in [0.25, 0.3) is 0 Å². The molecule has 23 heavy (non-hydrogen) atoms. The Balaban J connectivity index is 1.51. The van der Waals surface area contributed by atoms with Gasteiger partial charge in [-0.2, -0.15) is 0 Å². The summed E-state index contributed by atoms with van der Waals surface area (Å²) in [5.74, 6) is -0.125. The zero-order valence-electron chi connectivity index (χ0n) is 12.9. The van der Waals surface area contributed by atoms with Gasteiger partial charge in [0.1, 0.15) is 5.01 Å². The van der Waals surface area contributed by atoms with Crippen molar-refractivity contribution in [2.75, 3.05) is 13.1 Å². The topological polar surface area (TPSA) is 45.2 Å². The quantitative estimate of drug-likeness (QED) is 0.894. The minimum atomic E-state index is -0.125. The van der Waals surface area contributed by atoms with Crippen molar-refractivity contribution in [2.45, 2.75) is 32.4 Å². The smallest absolute Gasteiger partial charge is 0.251 e. The highest BCUT2D eigenvalue weighted by atomic mass is 35.5. The number of nitrogens with one attached hydrogen (secondary N) is 1. The number of carbonyl (C=O) groups is 1. The molecule has 1 fully saturated rings. The van der Waals surface area contributed by atoms with Gasteiger partial charge in [0.05, 0.1) is 12.2 Å². The minimum Gasteiger partial charge on any atom is -0.346 e. The molecule has 2 aromatic rings. The van der Waals surface area contributed by atoms with E-state index in [9.17, 15) is 4.79 Å². The van der Waals surface area contributed by atoms with Gasteiger partial charge in [0.25, 0.3) is 5.91 Å². The number of benzene rings is 1. The molecule has 1 aromatic heterocycles. The van der Waals surface area contributed by atoms with Gasteiger partial charge in [0.2, 0.25) is 0 Å². The van der Waals surface area contributed by atoms with E-state index in [1.54, 1.807) is 35.6 Å². The van der Waals surface area contributed by atoms with E-state index in [1.165, 1.54) is 32.4 Å². The number of rotatable bonds is 5. The first-order chi connectivity index (χ1) is 11.2. The average molecular weight is 350 g/mol. The van der Waals surface area contributed by atoms with E-state index in [0.717, 1.165) is 17.2 Å². The van der Waals surface area contributed by atoms with Crippen LogP contribution in [0.15, 0.2) is 29.6 Å². The highest BCUT2D eigenvalue weighted by Gasteiger charge is 2.13. The predicted octanol–water partition coefficient (Wildman–Crippen LogP) is 3.71. The van der Waals surface area contributed by atoms with E-state index >= 15 is 0 Å². The van der Waals surface area contributed by atoms with Crippen LogP contribution in [0.5, 0.6) is 0 Å². The Hall–Kier alpha value is -1.43. The number of thiazole rings is 1. The maximum Gasteiger partial charge on any atom is 0.251 e. The van der Waals surface area contributed by atoms with Gasteiger partial charge in [0.15, 0.2) is 0 Å². The second-order valence-corrected chi connectivity index (χ2v) is 7.14. The maximum atomic E-state index is 12.1. The number of hydrogen-bond donors (Lipinski definition) is 1. The van der Waals surface area contributed by atoms with Gasteiger partial charge in [0, 0.05) is 22.5 Å². The summed E-state index contributed by atoms with van der Waals surface area (Å²) in [6, 6.07) is 6.95. The Bertz CT molecular complexity index is 667. The predicted molar refractivity (Wildman–Crippen MR) is 93.9 cm³/mol. The molecule has 2 heterocycles. The Morgan fingerprint density at radius 2 is 2.13 bits per heavy atom. The molecule has 1 aliphatic rings. The van der Waals surface area contributed by atoms with E-state index in [1.807, 2.05) is 0 Å². The van der Waals surface area contributed by atoms with Crippen molar-refractivity contribution in [3.05, 3.63) is 50.9 Å². The molecular weight excluding hydrogens is 330 g/mol. The molecule has 0 aliphatic carbocycles. The van der Waals surface area contributed by atoms with Crippen LogP contribution < -0.4 is 5.32 Å². The molecule has 122 valence electrons. The van der Waals surface area contributed by atoms with Crippen molar-refractivity contribution >= 4 is 28.8 Å². The van der Waals surface area contributed by atoms with Crippen LogP contribution in [-0.2, 0) is 13.1 Å². The molecule has 0 saturated carbocycles. The van der Waals surface area contributed by atoms with Crippen molar-refractivity contribution in [3.63, 3.8) is 0 Å². The van der Waals surface area contributed by atoms with Gasteiger partial charge in [-0.05, 0) is 44.1 Å². The molecule has 1 amide bonds. The lowest BCUT2D eigenvalue weighted by Gasteiger charge is -2.25. The van der Waals surface area contributed by atoms with E-state index in [2.05, 4.69) is 20.6 Å². The van der Waals surface area contributed by atoms with Gasteiger partial charge in [-0.3, -0.25) is 9.69 Å². The molecule has 1 aliphatic heterocycles. The molecule has 6 heteroatoms. The van der Waals surface area contributed by atoms with Crippen LogP contribution in [0.2, 0.25) is 5.02 Å². The monoisotopic (exact) mass is 349 g/mol. The summed E-state index contributed by atoms with van der Waals surface area (Å²) >= 11 is 7.51. The second kappa shape index (κ2) is 7.90. The molecule has 0 unspecified atom stereocenters. The van der Waals surface area contributed by atoms with Crippen molar-refractivity contribution in [1.29, 1.82) is 0 Å². The minimum absolute atomic E-state index is 0.125. The number of piperidine rings is 1. The molecule has 1 N–H and O–H groups in total. The van der Waals surface area contributed by atoms with E-state index in [-0.39, 0.29) is 5.91 Å². The molecule has 1 saturated heterocycles. The second-order valence-electron chi connectivity index (χ2n) is 5.76. The average Bonchev–Trinajstić information content (AvgIpc) is 3.01. The third kappa shape index (κ3) is 4.77.